The van der Waals surface area contributed by atoms with Gasteiger partial charge in [0.1, 0.15) is 6.61 Å². The molecular formula is C21H17F3N2O4. The number of alkyl halides is 3. The van der Waals surface area contributed by atoms with Crippen molar-refractivity contribution in [3.05, 3.63) is 53.6 Å². The second-order valence-electron chi connectivity index (χ2n) is 6.81. The number of halogens is 3. The minimum atomic E-state index is -4.60. The topological polar surface area (TPSA) is 71.6 Å². The summed E-state index contributed by atoms with van der Waals surface area (Å²) in [5, 5.41) is 0.243. The van der Waals surface area contributed by atoms with Gasteiger partial charge < -0.3 is 19.4 Å². The number of methoxy groups -OCH3 is 1. The normalized spacial score (nSPS) is 14.9. The van der Waals surface area contributed by atoms with E-state index < -0.39 is 17.7 Å². The maximum Gasteiger partial charge on any atom is 0.416 e. The van der Waals surface area contributed by atoms with Gasteiger partial charge in [0, 0.05) is 23.3 Å². The summed E-state index contributed by atoms with van der Waals surface area (Å²) in [7, 11) is 1.12. The summed E-state index contributed by atoms with van der Waals surface area (Å²) in [5.41, 5.74) is 1.08. The fourth-order valence-corrected chi connectivity index (χ4v) is 3.45. The van der Waals surface area contributed by atoms with Gasteiger partial charge in [-0.2, -0.15) is 13.2 Å². The lowest BCUT2D eigenvalue weighted by Gasteiger charge is -2.26. The monoisotopic (exact) mass is 418 g/mol. The number of ether oxygens (including phenoxy) is 2. The van der Waals surface area contributed by atoms with Gasteiger partial charge in [-0.1, -0.05) is 12.1 Å². The van der Waals surface area contributed by atoms with Crippen LogP contribution in [-0.4, -0.2) is 43.7 Å². The Kier molecular flexibility index (Phi) is 4.98. The number of anilines is 1. The highest BCUT2D eigenvalue weighted by molar-refractivity contribution is 6.05. The molecule has 9 heteroatoms. The third kappa shape index (κ3) is 3.63. The molecule has 0 saturated carbocycles. The smallest absolute Gasteiger partial charge is 0.416 e. The Morgan fingerprint density at radius 3 is 2.53 bits per heavy atom. The first-order chi connectivity index (χ1) is 14.3. The van der Waals surface area contributed by atoms with Gasteiger partial charge in [0.25, 0.3) is 5.91 Å². The van der Waals surface area contributed by atoms with Crippen LogP contribution in [-0.2, 0) is 20.4 Å². The van der Waals surface area contributed by atoms with Crippen LogP contribution in [0.25, 0.3) is 22.2 Å². The molecule has 0 bridgehead atoms. The number of carbonyl (C=O) groups is 2. The van der Waals surface area contributed by atoms with Crippen LogP contribution in [0.15, 0.2) is 42.5 Å². The number of rotatable bonds is 3. The van der Waals surface area contributed by atoms with Gasteiger partial charge >= 0.3 is 12.1 Å². The molecule has 30 heavy (non-hydrogen) atoms. The van der Waals surface area contributed by atoms with Crippen molar-refractivity contribution in [2.75, 3.05) is 31.8 Å². The first-order valence-electron chi connectivity index (χ1n) is 9.09. The summed E-state index contributed by atoms with van der Waals surface area (Å²) in [6.07, 6.45) is -4.60. The van der Waals surface area contributed by atoms with Crippen LogP contribution < -0.4 is 4.90 Å². The van der Waals surface area contributed by atoms with Crippen molar-refractivity contribution < 1.29 is 32.2 Å². The number of nitrogens with one attached hydrogen (secondary N) is 1. The Morgan fingerprint density at radius 1 is 1.17 bits per heavy atom. The van der Waals surface area contributed by atoms with E-state index in [2.05, 4.69) is 9.72 Å². The molecule has 2 aromatic carbocycles. The molecule has 1 aliphatic heterocycles. The van der Waals surface area contributed by atoms with E-state index in [-0.39, 0.29) is 29.0 Å². The van der Waals surface area contributed by atoms with Crippen LogP contribution in [0.4, 0.5) is 18.9 Å². The van der Waals surface area contributed by atoms with Crippen LogP contribution in [0, 0.1) is 0 Å². The fraction of sp³-hybridized carbons (Fsp3) is 0.238. The van der Waals surface area contributed by atoms with E-state index in [1.165, 1.54) is 0 Å². The molecule has 1 aliphatic rings. The summed E-state index contributed by atoms with van der Waals surface area (Å²) in [6.45, 7) is 0.933. The maximum atomic E-state index is 13.2. The number of hydrogen-bond acceptors (Lipinski definition) is 4. The molecule has 0 aliphatic carbocycles. The van der Waals surface area contributed by atoms with Crippen molar-refractivity contribution in [1.29, 1.82) is 0 Å². The van der Waals surface area contributed by atoms with E-state index in [4.69, 9.17) is 4.74 Å². The average molecular weight is 418 g/mol. The lowest BCUT2D eigenvalue weighted by atomic mass is 10.1. The second-order valence-corrected chi connectivity index (χ2v) is 6.81. The Morgan fingerprint density at radius 2 is 1.90 bits per heavy atom. The molecule has 0 atom stereocenters. The van der Waals surface area contributed by atoms with Gasteiger partial charge in [0.05, 0.1) is 30.4 Å². The number of fused-ring (bicyclic) bond motifs is 1. The van der Waals surface area contributed by atoms with Crippen molar-refractivity contribution in [2.24, 2.45) is 0 Å². The lowest BCUT2D eigenvalue weighted by Crippen LogP contribution is -2.41. The summed E-state index contributed by atoms with van der Waals surface area (Å²) >= 11 is 0. The quantitative estimate of drug-likeness (QED) is 0.653. The number of esters is 1. The molecule has 2 heterocycles. The summed E-state index contributed by atoms with van der Waals surface area (Å²) in [5.74, 6) is -0.998. The highest BCUT2D eigenvalue weighted by atomic mass is 19.4. The SMILES string of the molecule is COC(=O)c1cc(C(F)(F)F)cc2cc(-c3ccc(N4CCOCC4=O)cc3)[nH]c12. The zero-order valence-corrected chi connectivity index (χ0v) is 15.9. The van der Waals surface area contributed by atoms with E-state index in [1.807, 2.05) is 0 Å². The molecule has 0 radical (unpaired) electrons. The van der Waals surface area contributed by atoms with Gasteiger partial charge in [0.2, 0.25) is 0 Å². The number of nitrogens with zero attached hydrogens (tertiary/aromatic N) is 1. The molecule has 1 fully saturated rings. The van der Waals surface area contributed by atoms with Gasteiger partial charge in [-0.3, -0.25) is 4.79 Å². The molecule has 156 valence electrons. The van der Waals surface area contributed by atoms with Gasteiger partial charge in [-0.25, -0.2) is 4.79 Å². The molecule has 1 aromatic heterocycles. The summed E-state index contributed by atoms with van der Waals surface area (Å²) in [4.78, 5) is 28.6. The zero-order chi connectivity index (χ0) is 21.5. The minimum absolute atomic E-state index is 0.0294. The van der Waals surface area contributed by atoms with Crippen LogP contribution >= 0.6 is 0 Å². The van der Waals surface area contributed by atoms with E-state index in [1.54, 1.807) is 35.2 Å². The first-order valence-corrected chi connectivity index (χ1v) is 9.09. The van der Waals surface area contributed by atoms with Crippen LogP contribution in [0.5, 0.6) is 0 Å². The predicted molar refractivity (Wildman–Crippen MR) is 103 cm³/mol. The van der Waals surface area contributed by atoms with E-state index >= 15 is 0 Å². The van der Waals surface area contributed by atoms with E-state index in [9.17, 15) is 22.8 Å². The van der Waals surface area contributed by atoms with Crippen molar-refractivity contribution in [2.45, 2.75) is 6.18 Å². The molecule has 0 spiro atoms. The van der Waals surface area contributed by atoms with Gasteiger partial charge in [-0.15, -0.1) is 0 Å². The van der Waals surface area contributed by atoms with Crippen LogP contribution in [0.1, 0.15) is 15.9 Å². The van der Waals surface area contributed by atoms with Crippen molar-refractivity contribution >= 4 is 28.5 Å². The largest absolute Gasteiger partial charge is 0.465 e. The Balaban J connectivity index is 1.74. The number of aromatic amines is 1. The lowest BCUT2D eigenvalue weighted by molar-refractivity contribution is -0.137. The molecule has 1 saturated heterocycles. The molecule has 6 nitrogen and oxygen atoms in total. The molecule has 0 unspecified atom stereocenters. The highest BCUT2D eigenvalue weighted by Crippen LogP contribution is 2.35. The Hall–Kier alpha value is -3.33. The van der Waals surface area contributed by atoms with Crippen molar-refractivity contribution in [3.63, 3.8) is 0 Å². The number of carbonyl (C=O) groups excluding carboxylic acids is 2. The molecule has 4 rings (SSSR count). The van der Waals surface area contributed by atoms with Crippen molar-refractivity contribution in [1.82, 2.24) is 4.98 Å². The average Bonchev–Trinajstić information content (AvgIpc) is 3.16. The fourth-order valence-electron chi connectivity index (χ4n) is 3.45. The number of aromatic nitrogens is 1. The Labute approximate surface area is 169 Å². The second kappa shape index (κ2) is 7.49. The third-order valence-electron chi connectivity index (χ3n) is 4.94. The highest BCUT2D eigenvalue weighted by Gasteiger charge is 2.32. The van der Waals surface area contributed by atoms with E-state index in [0.29, 0.717) is 30.1 Å². The standard InChI is InChI=1S/C21H17F3N2O4/c1-29-20(28)16-10-14(21(22,23)24)8-13-9-17(25-19(13)16)12-2-4-15(5-3-12)26-6-7-30-11-18(26)27/h2-5,8-10,25H,6-7,11H2,1H3. The van der Waals surface area contributed by atoms with Crippen LogP contribution in [0.2, 0.25) is 0 Å². The zero-order valence-electron chi connectivity index (χ0n) is 15.9. The summed E-state index contributed by atoms with van der Waals surface area (Å²) < 4.78 is 49.5. The molecule has 3 aromatic rings. The minimum Gasteiger partial charge on any atom is -0.465 e. The number of benzene rings is 2. The number of morpholine rings is 1. The summed E-state index contributed by atoms with van der Waals surface area (Å²) in [6, 6.07) is 10.3. The van der Waals surface area contributed by atoms with Crippen LogP contribution in [0.3, 0.4) is 0 Å². The Bertz CT molecular complexity index is 1120. The number of amides is 1. The maximum absolute atomic E-state index is 13.2. The van der Waals surface area contributed by atoms with Gasteiger partial charge in [0.15, 0.2) is 0 Å². The molecular weight excluding hydrogens is 401 g/mol. The third-order valence-corrected chi connectivity index (χ3v) is 4.94. The van der Waals surface area contributed by atoms with Gasteiger partial charge in [-0.05, 0) is 35.9 Å². The number of H-pyrrole nitrogens is 1. The predicted octanol–water partition coefficient (Wildman–Crippen LogP) is 4.00. The first kappa shape index (κ1) is 20.0. The number of hydrogen-bond donors (Lipinski definition) is 1. The molecule has 1 amide bonds. The van der Waals surface area contributed by atoms with E-state index in [0.717, 1.165) is 19.2 Å². The van der Waals surface area contributed by atoms with Crippen molar-refractivity contribution in [3.8, 4) is 11.3 Å². The molecule has 1 N–H and O–H groups in total.